The molecule has 1 heterocycles. The normalized spacial score (nSPS) is 23.9. The number of carbonyl (C=O) groups is 1. The fourth-order valence-electron chi connectivity index (χ4n) is 3.39. The predicted octanol–water partition coefficient (Wildman–Crippen LogP) is 3.69. The van der Waals surface area contributed by atoms with Gasteiger partial charge in [0.25, 0.3) is 0 Å². The van der Waals surface area contributed by atoms with E-state index in [4.69, 9.17) is 22.9 Å². The number of piperidine rings is 1. The summed E-state index contributed by atoms with van der Waals surface area (Å²) in [5.74, 6) is 0.425. The lowest BCUT2D eigenvalue weighted by atomic mass is 9.54. The van der Waals surface area contributed by atoms with Gasteiger partial charge in [-0.2, -0.15) is 0 Å². The van der Waals surface area contributed by atoms with Crippen molar-refractivity contribution in [3.8, 4) is 0 Å². The Labute approximate surface area is 126 Å². The molecule has 2 rings (SSSR count). The molecule has 1 aliphatic heterocycles. The van der Waals surface area contributed by atoms with Crippen LogP contribution in [-0.4, -0.2) is 41.1 Å². The zero-order valence-corrected chi connectivity index (χ0v) is 13.3. The van der Waals surface area contributed by atoms with Crippen LogP contribution < -0.4 is 0 Å². The highest BCUT2D eigenvalue weighted by molar-refractivity contribution is 6.19. The zero-order chi connectivity index (χ0) is 15.0. The minimum Gasteiger partial charge on any atom is -0.444 e. The summed E-state index contributed by atoms with van der Waals surface area (Å²) in [7, 11) is 0. The van der Waals surface area contributed by atoms with Crippen molar-refractivity contribution in [2.45, 2.75) is 57.6 Å². The van der Waals surface area contributed by atoms with Gasteiger partial charge in [0.05, 0.1) is 0 Å². The number of nitrogens with zero attached hydrogens (tertiary/aromatic N) is 2. The van der Waals surface area contributed by atoms with Crippen molar-refractivity contribution in [3.05, 3.63) is 11.4 Å². The van der Waals surface area contributed by atoms with Crippen LogP contribution in [-0.2, 0) is 4.74 Å². The highest BCUT2D eigenvalue weighted by Gasteiger charge is 2.60. The lowest BCUT2D eigenvalue weighted by Gasteiger charge is -2.52. The van der Waals surface area contributed by atoms with Crippen LogP contribution >= 0.6 is 11.6 Å². The maximum absolute atomic E-state index is 12.0. The van der Waals surface area contributed by atoms with Gasteiger partial charge in [-0.25, -0.2) is 11.4 Å². The van der Waals surface area contributed by atoms with Crippen molar-refractivity contribution in [2.75, 3.05) is 19.0 Å². The van der Waals surface area contributed by atoms with Crippen LogP contribution in [0.2, 0.25) is 0 Å². The fourth-order valence-corrected chi connectivity index (χ4v) is 3.64. The van der Waals surface area contributed by atoms with E-state index < -0.39 is 5.60 Å². The van der Waals surface area contributed by atoms with Gasteiger partial charge in [0.15, 0.2) is 0 Å². The molecule has 0 bridgehead atoms. The number of alkyl halides is 1. The molecule has 112 valence electrons. The molecular formula is C15H23ClN2O2. The Kier molecular flexibility index (Phi) is 3.94. The molecule has 5 heteroatoms. The van der Waals surface area contributed by atoms with E-state index in [1.54, 1.807) is 4.90 Å². The maximum atomic E-state index is 12.0. The van der Waals surface area contributed by atoms with Crippen LogP contribution in [0.25, 0.3) is 4.85 Å². The highest BCUT2D eigenvalue weighted by atomic mass is 35.5. The van der Waals surface area contributed by atoms with Gasteiger partial charge in [-0.1, -0.05) is 0 Å². The number of amides is 1. The second kappa shape index (κ2) is 5.11. The lowest BCUT2D eigenvalue weighted by Crippen LogP contribution is -2.56. The van der Waals surface area contributed by atoms with Crippen molar-refractivity contribution in [3.63, 3.8) is 0 Å². The quantitative estimate of drug-likeness (QED) is 0.546. The van der Waals surface area contributed by atoms with Gasteiger partial charge in [0.1, 0.15) is 11.5 Å². The van der Waals surface area contributed by atoms with Crippen molar-refractivity contribution >= 4 is 17.7 Å². The van der Waals surface area contributed by atoms with E-state index in [0.29, 0.717) is 5.88 Å². The molecule has 1 aliphatic carbocycles. The summed E-state index contributed by atoms with van der Waals surface area (Å²) >= 11 is 5.92. The van der Waals surface area contributed by atoms with Crippen LogP contribution in [0.5, 0.6) is 0 Å². The standard InChI is InChI=1S/C15H23ClN2O2/c1-13(2,3)20-12(19)18-7-5-14(6-8-18)9-15(10-14,11-16)17-4/h5-11H2,1-3H3. The van der Waals surface area contributed by atoms with Crippen molar-refractivity contribution in [1.82, 2.24) is 4.90 Å². The maximum Gasteiger partial charge on any atom is 0.410 e. The number of halogens is 1. The average Bonchev–Trinajstić information content (AvgIpc) is 2.34. The SMILES string of the molecule is [C-]#[N+]C1(CCl)CC2(CCN(C(=O)OC(C)(C)C)CC2)C1. The molecule has 0 aromatic rings. The Balaban J connectivity index is 1.86. The summed E-state index contributed by atoms with van der Waals surface area (Å²) in [4.78, 5) is 17.5. The number of ether oxygens (including phenoxy) is 1. The fraction of sp³-hybridized carbons (Fsp3) is 0.867. The third-order valence-electron chi connectivity index (χ3n) is 4.37. The van der Waals surface area contributed by atoms with E-state index in [1.165, 1.54) is 0 Å². The van der Waals surface area contributed by atoms with Gasteiger partial charge in [-0.05, 0) is 39.0 Å². The molecule has 20 heavy (non-hydrogen) atoms. The molecule has 0 aromatic carbocycles. The molecule has 2 fully saturated rings. The summed E-state index contributed by atoms with van der Waals surface area (Å²) in [6.07, 6.45) is 3.46. The molecular weight excluding hydrogens is 276 g/mol. The summed E-state index contributed by atoms with van der Waals surface area (Å²) < 4.78 is 5.40. The molecule has 0 aromatic heterocycles. The summed E-state index contributed by atoms with van der Waals surface area (Å²) in [6, 6.07) is 0. The second-order valence-electron chi connectivity index (χ2n) is 7.29. The van der Waals surface area contributed by atoms with E-state index in [9.17, 15) is 4.79 Å². The molecule has 4 nitrogen and oxygen atoms in total. The van der Waals surface area contributed by atoms with Crippen molar-refractivity contribution in [1.29, 1.82) is 0 Å². The second-order valence-corrected chi connectivity index (χ2v) is 7.56. The molecule has 0 radical (unpaired) electrons. The first-order valence-electron chi connectivity index (χ1n) is 7.16. The molecule has 0 N–H and O–H groups in total. The Morgan fingerprint density at radius 3 is 2.30 bits per heavy atom. The first-order valence-corrected chi connectivity index (χ1v) is 7.69. The topological polar surface area (TPSA) is 33.9 Å². The van der Waals surface area contributed by atoms with E-state index in [1.807, 2.05) is 20.8 Å². The smallest absolute Gasteiger partial charge is 0.410 e. The number of likely N-dealkylation sites (tertiary alicyclic amines) is 1. The van der Waals surface area contributed by atoms with Gasteiger partial charge in [0.2, 0.25) is 5.54 Å². The van der Waals surface area contributed by atoms with E-state index in [0.717, 1.165) is 38.8 Å². The molecule has 1 spiro atoms. The summed E-state index contributed by atoms with van der Waals surface area (Å²) in [6.45, 7) is 14.4. The molecule has 0 atom stereocenters. The molecule has 1 saturated heterocycles. The lowest BCUT2D eigenvalue weighted by molar-refractivity contribution is -0.0224. The largest absolute Gasteiger partial charge is 0.444 e. The molecule has 0 unspecified atom stereocenters. The monoisotopic (exact) mass is 298 g/mol. The summed E-state index contributed by atoms with van der Waals surface area (Å²) in [5.41, 5.74) is -0.547. The van der Waals surface area contributed by atoms with E-state index >= 15 is 0 Å². The minimum absolute atomic E-state index is 0.222. The van der Waals surface area contributed by atoms with Crippen LogP contribution in [0.15, 0.2) is 0 Å². The van der Waals surface area contributed by atoms with Crippen LogP contribution in [0.3, 0.4) is 0 Å². The van der Waals surface area contributed by atoms with Crippen LogP contribution in [0, 0.1) is 12.0 Å². The zero-order valence-electron chi connectivity index (χ0n) is 12.5. The molecule has 1 saturated carbocycles. The first kappa shape index (κ1) is 15.4. The average molecular weight is 299 g/mol. The minimum atomic E-state index is -0.444. The van der Waals surface area contributed by atoms with Crippen LogP contribution in [0.1, 0.15) is 46.5 Å². The van der Waals surface area contributed by atoms with E-state index in [-0.39, 0.29) is 17.0 Å². The number of rotatable bonds is 1. The van der Waals surface area contributed by atoms with Gasteiger partial charge in [0, 0.05) is 25.9 Å². The Hall–Kier alpha value is -0.950. The van der Waals surface area contributed by atoms with Gasteiger partial charge in [-0.3, -0.25) is 0 Å². The van der Waals surface area contributed by atoms with Gasteiger partial charge in [-0.15, -0.1) is 11.6 Å². The van der Waals surface area contributed by atoms with Gasteiger partial charge < -0.3 is 14.5 Å². The first-order chi connectivity index (χ1) is 9.23. The van der Waals surface area contributed by atoms with Gasteiger partial charge >= 0.3 is 6.09 Å². The Morgan fingerprint density at radius 2 is 1.90 bits per heavy atom. The number of hydrogen-bond acceptors (Lipinski definition) is 2. The molecule has 2 aliphatic rings. The Bertz CT molecular complexity index is 420. The number of carbonyl (C=O) groups excluding carboxylic acids is 1. The van der Waals surface area contributed by atoms with Crippen molar-refractivity contribution < 1.29 is 9.53 Å². The highest BCUT2D eigenvalue weighted by Crippen LogP contribution is 2.57. The molecule has 1 amide bonds. The Morgan fingerprint density at radius 1 is 1.35 bits per heavy atom. The number of hydrogen-bond donors (Lipinski definition) is 0. The van der Waals surface area contributed by atoms with Crippen molar-refractivity contribution in [2.24, 2.45) is 5.41 Å². The van der Waals surface area contributed by atoms with E-state index in [2.05, 4.69) is 4.85 Å². The third kappa shape index (κ3) is 3.03. The third-order valence-corrected chi connectivity index (χ3v) is 4.87. The summed E-state index contributed by atoms with van der Waals surface area (Å²) in [5, 5.41) is 0. The van der Waals surface area contributed by atoms with Crippen LogP contribution in [0.4, 0.5) is 4.79 Å². The predicted molar refractivity (Wildman–Crippen MR) is 78.8 cm³/mol.